The van der Waals surface area contributed by atoms with Crippen molar-refractivity contribution in [3.63, 3.8) is 0 Å². The summed E-state index contributed by atoms with van der Waals surface area (Å²) in [5.74, 6) is 2.41. The number of rotatable bonds is 3. The summed E-state index contributed by atoms with van der Waals surface area (Å²) in [6.07, 6.45) is 13.4. The summed E-state index contributed by atoms with van der Waals surface area (Å²) in [5, 5.41) is 10.2. The van der Waals surface area contributed by atoms with Crippen molar-refractivity contribution < 1.29 is 5.11 Å². The normalized spacial score (nSPS) is 37.5. The monoisotopic (exact) mass is 224 g/mol. The lowest BCUT2D eigenvalue weighted by Gasteiger charge is -2.39. The van der Waals surface area contributed by atoms with Crippen molar-refractivity contribution in [2.75, 3.05) is 0 Å². The fraction of sp³-hybridized carbons (Fsp3) is 1.00. The van der Waals surface area contributed by atoms with Gasteiger partial charge in [-0.25, -0.2) is 0 Å². The van der Waals surface area contributed by atoms with Crippen LogP contribution >= 0.6 is 0 Å². The molecule has 2 fully saturated rings. The fourth-order valence-corrected chi connectivity index (χ4v) is 4.02. The van der Waals surface area contributed by atoms with Gasteiger partial charge in [0.05, 0.1) is 6.10 Å². The first-order chi connectivity index (χ1) is 7.81. The van der Waals surface area contributed by atoms with Crippen LogP contribution in [0.5, 0.6) is 0 Å². The van der Waals surface area contributed by atoms with Crippen molar-refractivity contribution >= 4 is 0 Å². The van der Waals surface area contributed by atoms with E-state index in [2.05, 4.69) is 6.92 Å². The van der Waals surface area contributed by atoms with E-state index in [9.17, 15) is 5.11 Å². The number of hydrogen-bond acceptors (Lipinski definition) is 1. The first-order valence-corrected chi connectivity index (χ1v) is 7.49. The zero-order chi connectivity index (χ0) is 11.4. The molecule has 0 radical (unpaired) electrons. The van der Waals surface area contributed by atoms with Crippen LogP contribution in [0.3, 0.4) is 0 Å². The third-order valence-electron chi connectivity index (χ3n) is 4.92. The van der Waals surface area contributed by atoms with Crippen molar-refractivity contribution in [3.05, 3.63) is 0 Å². The molecule has 3 atom stereocenters. The molecule has 0 aromatic rings. The van der Waals surface area contributed by atoms with Gasteiger partial charge < -0.3 is 5.11 Å². The molecule has 2 aliphatic rings. The van der Waals surface area contributed by atoms with E-state index in [1.165, 1.54) is 57.8 Å². The SMILES string of the molecule is CCCC1CCC(O)C(C2CCCCC2)C1. The number of hydrogen-bond donors (Lipinski definition) is 1. The van der Waals surface area contributed by atoms with Gasteiger partial charge in [0.1, 0.15) is 0 Å². The Bertz CT molecular complexity index is 196. The summed E-state index contributed by atoms with van der Waals surface area (Å²) >= 11 is 0. The summed E-state index contributed by atoms with van der Waals surface area (Å²) in [5.41, 5.74) is 0. The Morgan fingerprint density at radius 3 is 2.44 bits per heavy atom. The van der Waals surface area contributed by atoms with Gasteiger partial charge >= 0.3 is 0 Å². The maximum absolute atomic E-state index is 10.2. The van der Waals surface area contributed by atoms with Crippen molar-refractivity contribution in [1.82, 2.24) is 0 Å². The zero-order valence-corrected chi connectivity index (χ0v) is 10.8. The molecule has 16 heavy (non-hydrogen) atoms. The molecule has 2 saturated carbocycles. The van der Waals surface area contributed by atoms with Crippen molar-refractivity contribution in [1.29, 1.82) is 0 Å². The van der Waals surface area contributed by atoms with Crippen LogP contribution in [0.25, 0.3) is 0 Å². The minimum atomic E-state index is 0.0243. The molecule has 1 heteroatoms. The molecular formula is C15H28O. The van der Waals surface area contributed by atoms with Gasteiger partial charge in [0.15, 0.2) is 0 Å². The van der Waals surface area contributed by atoms with E-state index >= 15 is 0 Å². The fourth-order valence-electron chi connectivity index (χ4n) is 4.02. The summed E-state index contributed by atoms with van der Waals surface area (Å²) in [7, 11) is 0. The number of aliphatic hydroxyl groups excluding tert-OH is 1. The van der Waals surface area contributed by atoms with Gasteiger partial charge in [-0.2, -0.15) is 0 Å². The molecule has 2 aliphatic carbocycles. The Balaban J connectivity index is 1.89. The lowest BCUT2D eigenvalue weighted by atomic mass is 9.68. The lowest BCUT2D eigenvalue weighted by Crippen LogP contribution is -2.35. The van der Waals surface area contributed by atoms with Gasteiger partial charge in [-0.05, 0) is 37.0 Å². The highest BCUT2D eigenvalue weighted by molar-refractivity contribution is 4.85. The van der Waals surface area contributed by atoms with Crippen LogP contribution in [0.1, 0.15) is 71.1 Å². The Hall–Kier alpha value is -0.0400. The molecular weight excluding hydrogens is 196 g/mol. The number of aliphatic hydroxyl groups is 1. The predicted molar refractivity (Wildman–Crippen MR) is 68.3 cm³/mol. The molecule has 0 bridgehead atoms. The van der Waals surface area contributed by atoms with Crippen LogP contribution < -0.4 is 0 Å². The Labute approximate surface area is 101 Å². The summed E-state index contributed by atoms with van der Waals surface area (Å²) in [6, 6.07) is 0. The maximum atomic E-state index is 10.2. The van der Waals surface area contributed by atoms with E-state index in [-0.39, 0.29) is 6.10 Å². The predicted octanol–water partition coefficient (Wildman–Crippen LogP) is 4.14. The highest BCUT2D eigenvalue weighted by Gasteiger charge is 2.34. The van der Waals surface area contributed by atoms with Crippen LogP contribution in [0.2, 0.25) is 0 Å². The summed E-state index contributed by atoms with van der Waals surface area (Å²) in [6.45, 7) is 2.29. The van der Waals surface area contributed by atoms with Crippen molar-refractivity contribution in [2.24, 2.45) is 17.8 Å². The van der Waals surface area contributed by atoms with E-state index in [0.717, 1.165) is 18.3 Å². The third kappa shape index (κ3) is 3.00. The first-order valence-electron chi connectivity index (χ1n) is 7.49. The van der Waals surface area contributed by atoms with Gasteiger partial charge in [-0.15, -0.1) is 0 Å². The van der Waals surface area contributed by atoms with Crippen LogP contribution in [0, 0.1) is 17.8 Å². The quantitative estimate of drug-likeness (QED) is 0.763. The molecule has 0 aliphatic heterocycles. The van der Waals surface area contributed by atoms with E-state index in [0.29, 0.717) is 5.92 Å². The molecule has 0 aromatic heterocycles. The van der Waals surface area contributed by atoms with Gasteiger partial charge in [-0.1, -0.05) is 51.9 Å². The smallest absolute Gasteiger partial charge is 0.0571 e. The second kappa shape index (κ2) is 6.05. The van der Waals surface area contributed by atoms with Crippen LogP contribution in [-0.2, 0) is 0 Å². The minimum absolute atomic E-state index is 0.0243. The van der Waals surface area contributed by atoms with Gasteiger partial charge in [0.25, 0.3) is 0 Å². The largest absolute Gasteiger partial charge is 0.393 e. The van der Waals surface area contributed by atoms with Crippen LogP contribution in [0.4, 0.5) is 0 Å². The molecule has 2 rings (SSSR count). The Kier molecular flexibility index (Phi) is 4.69. The Morgan fingerprint density at radius 2 is 1.75 bits per heavy atom. The summed E-state index contributed by atoms with van der Waals surface area (Å²) < 4.78 is 0. The second-order valence-corrected chi connectivity index (χ2v) is 6.10. The first kappa shape index (κ1) is 12.4. The highest BCUT2D eigenvalue weighted by atomic mass is 16.3. The van der Waals surface area contributed by atoms with Gasteiger partial charge in [0.2, 0.25) is 0 Å². The van der Waals surface area contributed by atoms with Crippen LogP contribution in [0.15, 0.2) is 0 Å². The second-order valence-electron chi connectivity index (χ2n) is 6.10. The molecule has 0 aromatic carbocycles. The van der Waals surface area contributed by atoms with E-state index in [1.54, 1.807) is 0 Å². The minimum Gasteiger partial charge on any atom is -0.393 e. The molecule has 1 nitrogen and oxygen atoms in total. The Morgan fingerprint density at radius 1 is 1.00 bits per heavy atom. The average molecular weight is 224 g/mol. The molecule has 3 unspecified atom stereocenters. The maximum Gasteiger partial charge on any atom is 0.0571 e. The standard InChI is InChI=1S/C15H28O/c1-2-6-12-9-10-15(16)14(11-12)13-7-4-3-5-8-13/h12-16H,2-11H2,1H3. The summed E-state index contributed by atoms with van der Waals surface area (Å²) in [4.78, 5) is 0. The third-order valence-corrected chi connectivity index (χ3v) is 4.92. The van der Waals surface area contributed by atoms with E-state index in [1.807, 2.05) is 0 Å². The molecule has 0 saturated heterocycles. The van der Waals surface area contributed by atoms with Gasteiger partial charge in [-0.3, -0.25) is 0 Å². The van der Waals surface area contributed by atoms with Crippen LogP contribution in [-0.4, -0.2) is 11.2 Å². The lowest BCUT2D eigenvalue weighted by molar-refractivity contribution is 0.00523. The van der Waals surface area contributed by atoms with Crippen molar-refractivity contribution in [3.8, 4) is 0 Å². The molecule has 1 N–H and O–H groups in total. The zero-order valence-electron chi connectivity index (χ0n) is 10.8. The highest BCUT2D eigenvalue weighted by Crippen LogP contribution is 2.41. The van der Waals surface area contributed by atoms with Gasteiger partial charge in [0, 0.05) is 0 Å². The molecule has 94 valence electrons. The molecule has 0 spiro atoms. The topological polar surface area (TPSA) is 20.2 Å². The van der Waals surface area contributed by atoms with E-state index in [4.69, 9.17) is 0 Å². The van der Waals surface area contributed by atoms with E-state index < -0.39 is 0 Å². The van der Waals surface area contributed by atoms with Crippen molar-refractivity contribution in [2.45, 2.75) is 77.2 Å². The molecule has 0 heterocycles. The average Bonchev–Trinajstić information content (AvgIpc) is 2.33. The molecule has 0 amide bonds.